The van der Waals surface area contributed by atoms with Crippen molar-refractivity contribution in [3.05, 3.63) is 18.2 Å². The van der Waals surface area contributed by atoms with Gasteiger partial charge in [-0.25, -0.2) is 8.42 Å². The lowest BCUT2D eigenvalue weighted by Crippen LogP contribution is -2.04. The monoisotopic (exact) mass is 713 g/mol. The van der Waals surface area contributed by atoms with Crippen LogP contribution in [-0.2, 0) is 9.05 Å². The van der Waals surface area contributed by atoms with Gasteiger partial charge in [0.25, 0.3) is 9.05 Å². The van der Waals surface area contributed by atoms with Crippen molar-refractivity contribution in [3.8, 4) is 11.5 Å². The third-order valence-electron chi connectivity index (χ3n) is 9.71. The van der Waals surface area contributed by atoms with E-state index in [9.17, 15) is 8.42 Å². The molecular weight excluding hydrogens is 636 g/mol. The Morgan fingerprint density at radius 3 is 0.979 bits per heavy atom. The standard InChI is InChI=1S/C42H77ClO4S/c1-3-5-7-9-11-13-15-17-19-21-23-25-27-29-31-33-37-46-41-36-35-40(48(43,44)45)39-42(41)47-38-34-32-30-28-26-24-22-20-18-16-14-12-10-8-6-4-2/h35-36,39H,3-34,37-38H2,1-2H3. The van der Waals surface area contributed by atoms with Crippen molar-refractivity contribution in [2.24, 2.45) is 0 Å². The molecule has 0 fully saturated rings. The van der Waals surface area contributed by atoms with Gasteiger partial charge in [-0.1, -0.05) is 206 Å². The molecule has 6 heteroatoms. The van der Waals surface area contributed by atoms with Crippen LogP contribution >= 0.6 is 10.7 Å². The van der Waals surface area contributed by atoms with Crippen molar-refractivity contribution in [1.82, 2.24) is 0 Å². The molecule has 0 saturated carbocycles. The number of unbranched alkanes of at least 4 members (excludes halogenated alkanes) is 30. The third-order valence-corrected chi connectivity index (χ3v) is 11.1. The Morgan fingerprint density at radius 1 is 0.417 bits per heavy atom. The molecule has 0 N–H and O–H groups in total. The minimum absolute atomic E-state index is 0.0564. The molecule has 0 saturated heterocycles. The Bertz CT molecular complexity index is 936. The highest BCUT2D eigenvalue weighted by atomic mass is 35.7. The van der Waals surface area contributed by atoms with Crippen LogP contribution < -0.4 is 9.47 Å². The topological polar surface area (TPSA) is 52.6 Å². The number of benzene rings is 1. The summed E-state index contributed by atoms with van der Waals surface area (Å²) in [6.07, 6.45) is 42.7. The predicted molar refractivity (Wildman–Crippen MR) is 210 cm³/mol. The van der Waals surface area contributed by atoms with Gasteiger partial charge in [0, 0.05) is 16.7 Å². The summed E-state index contributed by atoms with van der Waals surface area (Å²) in [4.78, 5) is 0.0564. The van der Waals surface area contributed by atoms with Gasteiger partial charge in [0.05, 0.1) is 18.1 Å². The Labute approximate surface area is 303 Å². The largest absolute Gasteiger partial charge is 0.490 e. The molecule has 0 aliphatic heterocycles. The molecule has 0 heterocycles. The fourth-order valence-electron chi connectivity index (χ4n) is 6.54. The van der Waals surface area contributed by atoms with Crippen LogP contribution in [0.2, 0.25) is 0 Å². The zero-order chi connectivity index (χ0) is 34.8. The maximum Gasteiger partial charge on any atom is 0.261 e. The zero-order valence-corrected chi connectivity index (χ0v) is 33.3. The minimum Gasteiger partial charge on any atom is -0.490 e. The number of hydrogen-bond acceptors (Lipinski definition) is 4. The molecule has 0 spiro atoms. The van der Waals surface area contributed by atoms with Crippen molar-refractivity contribution in [2.75, 3.05) is 13.2 Å². The van der Waals surface area contributed by atoms with E-state index in [2.05, 4.69) is 13.8 Å². The molecule has 0 atom stereocenters. The van der Waals surface area contributed by atoms with Gasteiger partial charge in [0.1, 0.15) is 0 Å². The SMILES string of the molecule is CCCCCCCCCCCCCCCCCCOc1ccc(S(=O)(=O)Cl)cc1OCCCCCCCCCCCCCCCCCC. The van der Waals surface area contributed by atoms with Crippen molar-refractivity contribution in [1.29, 1.82) is 0 Å². The van der Waals surface area contributed by atoms with Gasteiger partial charge in [0.2, 0.25) is 0 Å². The summed E-state index contributed by atoms with van der Waals surface area (Å²) in [6.45, 7) is 5.73. The van der Waals surface area contributed by atoms with Crippen molar-refractivity contribution < 1.29 is 17.9 Å². The summed E-state index contributed by atoms with van der Waals surface area (Å²) in [7, 11) is 1.80. The van der Waals surface area contributed by atoms with Crippen LogP contribution in [0.4, 0.5) is 0 Å². The van der Waals surface area contributed by atoms with E-state index in [1.165, 1.54) is 192 Å². The molecule has 4 nitrogen and oxygen atoms in total. The molecule has 282 valence electrons. The number of rotatable bonds is 37. The van der Waals surface area contributed by atoms with Crippen LogP contribution in [0.15, 0.2) is 23.1 Å². The van der Waals surface area contributed by atoms with Crippen molar-refractivity contribution >= 4 is 19.7 Å². The molecule has 0 aliphatic carbocycles. The molecule has 0 radical (unpaired) electrons. The Morgan fingerprint density at radius 2 is 0.688 bits per heavy atom. The molecule has 0 unspecified atom stereocenters. The average Bonchev–Trinajstić information content (AvgIpc) is 3.07. The molecule has 0 bridgehead atoms. The molecule has 0 amide bonds. The van der Waals surface area contributed by atoms with E-state index < -0.39 is 9.05 Å². The van der Waals surface area contributed by atoms with Crippen molar-refractivity contribution in [2.45, 2.75) is 224 Å². The van der Waals surface area contributed by atoms with Crippen molar-refractivity contribution in [3.63, 3.8) is 0 Å². The van der Waals surface area contributed by atoms with Crippen LogP contribution in [0.5, 0.6) is 11.5 Å². The van der Waals surface area contributed by atoms with Crippen LogP contribution in [0.25, 0.3) is 0 Å². The molecule has 1 rings (SSSR count). The van der Waals surface area contributed by atoms with Gasteiger partial charge in [-0.3, -0.25) is 0 Å². The van der Waals surface area contributed by atoms with E-state index in [4.69, 9.17) is 20.2 Å². The Hall–Kier alpha value is -0.940. The van der Waals surface area contributed by atoms with Gasteiger partial charge >= 0.3 is 0 Å². The summed E-state index contributed by atoms with van der Waals surface area (Å²) >= 11 is 0. The first kappa shape index (κ1) is 45.1. The fraction of sp³-hybridized carbons (Fsp3) is 0.857. The third kappa shape index (κ3) is 27.8. The average molecular weight is 714 g/mol. The maximum absolute atomic E-state index is 11.9. The molecular formula is C42H77ClO4S. The molecule has 1 aromatic rings. The van der Waals surface area contributed by atoms with Gasteiger partial charge in [-0.15, -0.1) is 0 Å². The Kier molecular flexibility index (Phi) is 31.2. The van der Waals surface area contributed by atoms with E-state index in [1.54, 1.807) is 6.07 Å². The molecule has 0 aliphatic rings. The molecule has 0 aromatic heterocycles. The smallest absolute Gasteiger partial charge is 0.261 e. The second-order valence-electron chi connectivity index (χ2n) is 14.3. The summed E-state index contributed by atoms with van der Waals surface area (Å²) in [5, 5.41) is 0. The lowest BCUT2D eigenvalue weighted by atomic mass is 10.0. The quantitative estimate of drug-likeness (QED) is 0.0509. The van der Waals surface area contributed by atoms with Crippen LogP contribution in [0.3, 0.4) is 0 Å². The van der Waals surface area contributed by atoms with E-state index >= 15 is 0 Å². The first-order chi connectivity index (χ1) is 23.5. The van der Waals surface area contributed by atoms with E-state index in [0.29, 0.717) is 24.7 Å². The van der Waals surface area contributed by atoms with Crippen LogP contribution in [0, 0.1) is 0 Å². The summed E-state index contributed by atoms with van der Waals surface area (Å²) in [5.41, 5.74) is 0. The number of ether oxygens (including phenoxy) is 2. The maximum atomic E-state index is 11.9. The highest BCUT2D eigenvalue weighted by molar-refractivity contribution is 8.13. The van der Waals surface area contributed by atoms with Gasteiger partial charge < -0.3 is 9.47 Å². The second-order valence-corrected chi connectivity index (χ2v) is 16.9. The highest BCUT2D eigenvalue weighted by Crippen LogP contribution is 2.32. The summed E-state index contributed by atoms with van der Waals surface area (Å²) < 4.78 is 35.9. The summed E-state index contributed by atoms with van der Waals surface area (Å²) in [6, 6.07) is 4.70. The molecule has 48 heavy (non-hydrogen) atoms. The van der Waals surface area contributed by atoms with E-state index in [-0.39, 0.29) is 4.90 Å². The number of halogens is 1. The molecule has 1 aromatic carbocycles. The van der Waals surface area contributed by atoms with E-state index in [1.807, 2.05) is 0 Å². The van der Waals surface area contributed by atoms with Crippen LogP contribution in [-0.4, -0.2) is 21.6 Å². The second kappa shape index (κ2) is 33.2. The first-order valence-corrected chi connectivity index (χ1v) is 23.1. The normalized spacial score (nSPS) is 11.7. The highest BCUT2D eigenvalue weighted by Gasteiger charge is 2.15. The lowest BCUT2D eigenvalue weighted by Gasteiger charge is -2.14. The zero-order valence-electron chi connectivity index (χ0n) is 31.7. The van der Waals surface area contributed by atoms with Gasteiger partial charge in [0.15, 0.2) is 11.5 Å². The minimum atomic E-state index is -3.82. The van der Waals surface area contributed by atoms with E-state index in [0.717, 1.165) is 25.7 Å². The number of hydrogen-bond donors (Lipinski definition) is 0. The fourth-order valence-corrected chi connectivity index (χ4v) is 7.30. The lowest BCUT2D eigenvalue weighted by molar-refractivity contribution is 0.257. The first-order valence-electron chi connectivity index (χ1n) is 20.8. The predicted octanol–water partition coefficient (Wildman–Crippen LogP) is 14.9. The van der Waals surface area contributed by atoms with Gasteiger partial charge in [-0.2, -0.15) is 0 Å². The van der Waals surface area contributed by atoms with Crippen LogP contribution in [0.1, 0.15) is 219 Å². The van der Waals surface area contributed by atoms with Gasteiger partial charge in [-0.05, 0) is 25.0 Å². The summed E-state index contributed by atoms with van der Waals surface area (Å²) in [5.74, 6) is 1.09. The Balaban J connectivity index is 2.10.